The fourth-order valence-corrected chi connectivity index (χ4v) is 4.41. The second kappa shape index (κ2) is 12.3. The van der Waals surface area contributed by atoms with Gasteiger partial charge >= 0.3 is 0 Å². The average Bonchev–Trinajstić information content (AvgIpc) is 3.28. The number of nitrogens with one attached hydrogen (secondary N) is 2. The summed E-state index contributed by atoms with van der Waals surface area (Å²) >= 11 is 1.16. The van der Waals surface area contributed by atoms with Gasteiger partial charge in [0.25, 0.3) is 11.6 Å². The third-order valence-electron chi connectivity index (χ3n) is 5.61. The van der Waals surface area contributed by atoms with Crippen LogP contribution in [0.25, 0.3) is 0 Å². The first-order chi connectivity index (χ1) is 17.6. The van der Waals surface area contributed by atoms with Crippen molar-refractivity contribution in [2.45, 2.75) is 45.4 Å². The zero-order valence-corrected chi connectivity index (χ0v) is 22.2. The molecule has 0 aliphatic carbocycles. The maximum absolute atomic E-state index is 12.9. The van der Waals surface area contributed by atoms with Crippen molar-refractivity contribution in [1.82, 2.24) is 20.1 Å². The van der Waals surface area contributed by atoms with Crippen LogP contribution >= 0.6 is 11.8 Å². The summed E-state index contributed by atoms with van der Waals surface area (Å²) in [7, 11) is 1.41. The van der Waals surface area contributed by atoms with Crippen molar-refractivity contribution in [3.63, 3.8) is 0 Å². The Morgan fingerprint density at radius 2 is 1.86 bits per heavy atom. The van der Waals surface area contributed by atoms with Gasteiger partial charge in [-0.3, -0.25) is 19.7 Å². The van der Waals surface area contributed by atoms with Crippen molar-refractivity contribution >= 4 is 35.0 Å². The molecular formula is C25H30N6O5S. The summed E-state index contributed by atoms with van der Waals surface area (Å²) in [6.07, 6.45) is 0. The van der Waals surface area contributed by atoms with Crippen LogP contribution < -0.4 is 15.4 Å². The zero-order valence-electron chi connectivity index (χ0n) is 21.3. The van der Waals surface area contributed by atoms with Crippen molar-refractivity contribution in [1.29, 1.82) is 0 Å². The number of anilines is 1. The smallest absolute Gasteiger partial charge is 0.296 e. The first-order valence-corrected chi connectivity index (χ1v) is 12.7. The molecule has 0 bridgehead atoms. The summed E-state index contributed by atoms with van der Waals surface area (Å²) in [5.74, 6) is 0.255. The molecule has 0 radical (unpaired) electrons. The number of nitro groups is 1. The molecule has 11 nitrogen and oxygen atoms in total. The van der Waals surface area contributed by atoms with Crippen LogP contribution in [0.3, 0.4) is 0 Å². The highest BCUT2D eigenvalue weighted by Gasteiger charge is 2.26. The number of nitrogens with zero attached hydrogens (tertiary/aromatic N) is 4. The third kappa shape index (κ3) is 6.85. The number of aryl methyl sites for hydroxylation is 1. The molecule has 1 atom stereocenters. The Kier molecular flexibility index (Phi) is 9.23. The van der Waals surface area contributed by atoms with Crippen LogP contribution in [0, 0.1) is 23.0 Å². The van der Waals surface area contributed by atoms with Crippen molar-refractivity contribution in [3.8, 4) is 5.75 Å². The molecule has 0 spiro atoms. The number of thioether (sulfide) groups is 1. The largest absolute Gasteiger partial charge is 0.496 e. The quantitative estimate of drug-likeness (QED) is 0.213. The zero-order chi connectivity index (χ0) is 27.1. The molecule has 0 fully saturated rings. The average molecular weight is 527 g/mol. The Hall–Kier alpha value is -3.93. The van der Waals surface area contributed by atoms with Gasteiger partial charge in [-0.2, -0.15) is 0 Å². The van der Waals surface area contributed by atoms with E-state index in [0.717, 1.165) is 17.3 Å². The van der Waals surface area contributed by atoms with Crippen LogP contribution in [0.4, 0.5) is 11.4 Å². The number of hydrogen-bond donors (Lipinski definition) is 2. The molecule has 1 aromatic heterocycles. The lowest BCUT2D eigenvalue weighted by atomic mass is 10.0. The first kappa shape index (κ1) is 27.7. The van der Waals surface area contributed by atoms with E-state index in [-0.39, 0.29) is 29.0 Å². The number of carbonyl (C=O) groups excluding carboxylic acids is 2. The normalized spacial score (nSPS) is 11.7. The summed E-state index contributed by atoms with van der Waals surface area (Å²) in [5.41, 5.74) is 1.43. The van der Waals surface area contributed by atoms with E-state index in [1.54, 1.807) is 12.1 Å². The number of methoxy groups -OCH3 is 1. The number of benzene rings is 2. The van der Waals surface area contributed by atoms with E-state index in [0.29, 0.717) is 28.8 Å². The Balaban J connectivity index is 1.72. The highest BCUT2D eigenvalue weighted by atomic mass is 32.2. The molecule has 37 heavy (non-hydrogen) atoms. The molecule has 12 heteroatoms. The Morgan fingerprint density at radius 1 is 1.16 bits per heavy atom. The fraction of sp³-hybridized carbons (Fsp3) is 0.360. The van der Waals surface area contributed by atoms with Gasteiger partial charge in [-0.1, -0.05) is 43.3 Å². The minimum Gasteiger partial charge on any atom is -0.496 e. The summed E-state index contributed by atoms with van der Waals surface area (Å²) in [5, 5.41) is 26.1. The minimum absolute atomic E-state index is 0.0284. The van der Waals surface area contributed by atoms with E-state index in [4.69, 9.17) is 4.74 Å². The second-order valence-corrected chi connectivity index (χ2v) is 9.57. The molecule has 3 rings (SSSR count). The number of nitro benzene ring substituents is 1. The van der Waals surface area contributed by atoms with Crippen molar-refractivity contribution in [2.75, 3.05) is 18.2 Å². The lowest BCUT2D eigenvalue weighted by molar-refractivity contribution is -0.384. The summed E-state index contributed by atoms with van der Waals surface area (Å²) in [6, 6.07) is 11.1. The summed E-state index contributed by atoms with van der Waals surface area (Å²) in [6.45, 7) is 8.38. The predicted molar refractivity (Wildman–Crippen MR) is 141 cm³/mol. The van der Waals surface area contributed by atoms with Gasteiger partial charge in [0.15, 0.2) is 11.0 Å². The van der Waals surface area contributed by atoms with Crippen LogP contribution in [-0.4, -0.2) is 44.4 Å². The minimum atomic E-state index is -0.581. The van der Waals surface area contributed by atoms with Crippen LogP contribution in [0.15, 0.2) is 47.6 Å². The van der Waals surface area contributed by atoms with Crippen LogP contribution in [0.5, 0.6) is 5.75 Å². The van der Waals surface area contributed by atoms with Gasteiger partial charge in [-0.05, 0) is 44.0 Å². The molecule has 2 N–H and O–H groups in total. The maximum Gasteiger partial charge on any atom is 0.296 e. The van der Waals surface area contributed by atoms with E-state index >= 15 is 0 Å². The molecule has 3 aromatic rings. The molecule has 0 unspecified atom stereocenters. The summed E-state index contributed by atoms with van der Waals surface area (Å²) in [4.78, 5) is 36.3. The lowest BCUT2D eigenvalue weighted by Gasteiger charge is -2.22. The first-order valence-electron chi connectivity index (χ1n) is 11.7. The van der Waals surface area contributed by atoms with Gasteiger partial charge in [0, 0.05) is 12.1 Å². The molecule has 0 saturated carbocycles. The number of rotatable bonds is 11. The predicted octanol–water partition coefficient (Wildman–Crippen LogP) is 4.38. The van der Waals surface area contributed by atoms with E-state index in [2.05, 4.69) is 20.8 Å². The molecule has 2 amide bonds. The number of aromatic nitrogens is 3. The third-order valence-corrected chi connectivity index (χ3v) is 6.58. The molecule has 0 aliphatic rings. The van der Waals surface area contributed by atoms with Crippen LogP contribution in [0.2, 0.25) is 0 Å². The Morgan fingerprint density at radius 3 is 2.46 bits per heavy atom. The van der Waals surface area contributed by atoms with Crippen molar-refractivity contribution < 1.29 is 19.2 Å². The van der Waals surface area contributed by atoms with Gasteiger partial charge in [-0.15, -0.1) is 10.2 Å². The van der Waals surface area contributed by atoms with Crippen LogP contribution in [0.1, 0.15) is 48.6 Å². The van der Waals surface area contributed by atoms with Gasteiger partial charge in [-0.25, -0.2) is 0 Å². The van der Waals surface area contributed by atoms with Gasteiger partial charge in [0.2, 0.25) is 5.91 Å². The number of amides is 2. The Bertz CT molecular complexity index is 1280. The van der Waals surface area contributed by atoms with E-state index in [1.165, 1.54) is 25.3 Å². The standard InChI is InChI=1S/C25H30N6O5S/c1-6-30-23(22(15(2)3)27-24(33)17-9-7-16(4)8-10-17)28-29-25(30)37-14-21(32)26-19-12-11-18(36-5)13-20(19)31(34)35/h7-13,15,22H,6,14H2,1-5H3,(H,26,32)(H,27,33)/t22-/m1/s1. The van der Waals surface area contributed by atoms with Crippen LogP contribution in [-0.2, 0) is 11.3 Å². The van der Waals surface area contributed by atoms with Gasteiger partial charge in [0.05, 0.1) is 29.9 Å². The second-order valence-electron chi connectivity index (χ2n) is 8.62. The molecule has 0 saturated heterocycles. The monoisotopic (exact) mass is 526 g/mol. The molecule has 1 heterocycles. The van der Waals surface area contributed by atoms with Gasteiger partial charge in [0.1, 0.15) is 11.4 Å². The van der Waals surface area contributed by atoms with Gasteiger partial charge < -0.3 is 19.9 Å². The molecular weight excluding hydrogens is 496 g/mol. The lowest BCUT2D eigenvalue weighted by Crippen LogP contribution is -2.33. The number of carbonyl (C=O) groups is 2. The van der Waals surface area contributed by atoms with Crippen molar-refractivity contribution in [3.05, 3.63) is 69.5 Å². The van der Waals surface area contributed by atoms with Crippen molar-refractivity contribution in [2.24, 2.45) is 5.92 Å². The maximum atomic E-state index is 12.9. The topological polar surface area (TPSA) is 141 Å². The van der Waals surface area contributed by atoms with E-state index < -0.39 is 16.9 Å². The number of ether oxygens (including phenoxy) is 1. The molecule has 0 aliphatic heterocycles. The molecule has 2 aromatic carbocycles. The fourth-order valence-electron chi connectivity index (χ4n) is 3.60. The molecule has 196 valence electrons. The highest BCUT2D eigenvalue weighted by molar-refractivity contribution is 7.99. The van der Waals surface area contributed by atoms with E-state index in [1.807, 2.05) is 44.4 Å². The highest BCUT2D eigenvalue weighted by Crippen LogP contribution is 2.30. The Labute approximate surface area is 219 Å². The van der Waals surface area contributed by atoms with E-state index in [9.17, 15) is 19.7 Å². The SMILES string of the molecule is CCn1c(SCC(=O)Nc2ccc(OC)cc2[N+](=O)[O-])nnc1[C@H](NC(=O)c1ccc(C)cc1)C(C)C. The summed E-state index contributed by atoms with van der Waals surface area (Å²) < 4.78 is 6.88. The number of hydrogen-bond acceptors (Lipinski definition) is 8.